The van der Waals surface area contributed by atoms with Crippen molar-refractivity contribution in [3.63, 3.8) is 0 Å². The Morgan fingerprint density at radius 1 is 1.11 bits per heavy atom. The van der Waals surface area contributed by atoms with E-state index < -0.39 is 0 Å². The Labute approximate surface area is 118 Å². The fraction of sp³-hybridized carbons (Fsp3) is 0.200. The summed E-state index contributed by atoms with van der Waals surface area (Å²) < 4.78 is 18.3. The van der Waals surface area contributed by atoms with Crippen LogP contribution in [0.1, 0.15) is 18.5 Å². The van der Waals surface area contributed by atoms with Crippen LogP contribution in [0.15, 0.2) is 42.5 Å². The monoisotopic (exact) mass is 281 g/mol. The van der Waals surface area contributed by atoms with Crippen LogP contribution in [0.3, 0.4) is 0 Å². The van der Waals surface area contributed by atoms with E-state index in [0.29, 0.717) is 5.75 Å². The van der Waals surface area contributed by atoms with E-state index in [1.54, 1.807) is 6.07 Å². The van der Waals surface area contributed by atoms with Gasteiger partial charge in [0.15, 0.2) is 0 Å². The zero-order valence-corrected chi connectivity index (χ0v) is 11.7. The third-order valence-corrected chi connectivity index (χ3v) is 2.91. The van der Waals surface area contributed by atoms with Gasteiger partial charge in [-0.3, -0.25) is 0 Å². The number of ether oxygens (including phenoxy) is 1. The first-order valence-electron chi connectivity index (χ1n) is 5.81. The number of halogens is 2. The standard InChI is InChI=1S/C15H16FNO.ClH/c1-10(17)11-3-5-12(6-4-11)14-8-7-13(16)9-15(14)18-2;/h3-10H,17H2,1-2H3;1H. The zero-order valence-electron chi connectivity index (χ0n) is 10.9. The van der Waals surface area contributed by atoms with Gasteiger partial charge in [0.1, 0.15) is 11.6 Å². The number of hydrogen-bond donors (Lipinski definition) is 1. The number of hydrogen-bond acceptors (Lipinski definition) is 2. The molecule has 0 spiro atoms. The minimum atomic E-state index is -0.303. The SMILES string of the molecule is COc1cc(F)ccc1-c1ccc(C(C)N)cc1.Cl. The second-order valence-corrected chi connectivity index (χ2v) is 4.26. The van der Waals surface area contributed by atoms with Crippen molar-refractivity contribution in [2.75, 3.05) is 7.11 Å². The van der Waals surface area contributed by atoms with Gasteiger partial charge in [0, 0.05) is 17.7 Å². The highest BCUT2D eigenvalue weighted by molar-refractivity contribution is 5.85. The number of benzene rings is 2. The highest BCUT2D eigenvalue weighted by Crippen LogP contribution is 2.31. The third-order valence-electron chi connectivity index (χ3n) is 2.91. The van der Waals surface area contributed by atoms with Crippen molar-refractivity contribution in [2.45, 2.75) is 13.0 Å². The molecule has 4 heteroatoms. The van der Waals surface area contributed by atoms with E-state index in [2.05, 4.69) is 0 Å². The molecule has 2 rings (SSSR count). The maximum absolute atomic E-state index is 13.1. The molecule has 2 aromatic rings. The maximum Gasteiger partial charge on any atom is 0.129 e. The molecule has 2 N–H and O–H groups in total. The molecule has 0 saturated carbocycles. The van der Waals surface area contributed by atoms with Crippen LogP contribution in [0.25, 0.3) is 11.1 Å². The molecule has 0 aromatic heterocycles. The molecule has 1 atom stereocenters. The van der Waals surface area contributed by atoms with E-state index in [1.807, 2.05) is 31.2 Å². The van der Waals surface area contributed by atoms with Crippen LogP contribution < -0.4 is 10.5 Å². The first-order valence-corrected chi connectivity index (χ1v) is 5.81. The minimum absolute atomic E-state index is 0. The predicted octanol–water partition coefficient (Wildman–Crippen LogP) is 3.94. The summed E-state index contributed by atoms with van der Waals surface area (Å²) >= 11 is 0. The summed E-state index contributed by atoms with van der Waals surface area (Å²) in [6, 6.07) is 12.4. The van der Waals surface area contributed by atoms with Crippen LogP contribution >= 0.6 is 12.4 Å². The molecule has 0 amide bonds. The van der Waals surface area contributed by atoms with E-state index in [9.17, 15) is 4.39 Å². The largest absolute Gasteiger partial charge is 0.496 e. The number of rotatable bonds is 3. The lowest BCUT2D eigenvalue weighted by Gasteiger charge is -2.10. The number of nitrogens with two attached hydrogens (primary N) is 1. The van der Waals surface area contributed by atoms with Gasteiger partial charge in [0.2, 0.25) is 0 Å². The molecular weight excluding hydrogens is 265 g/mol. The van der Waals surface area contributed by atoms with Crippen molar-refractivity contribution >= 4 is 12.4 Å². The molecule has 0 aliphatic heterocycles. The summed E-state index contributed by atoms with van der Waals surface area (Å²) in [5, 5.41) is 0. The number of methoxy groups -OCH3 is 1. The van der Waals surface area contributed by atoms with Crippen molar-refractivity contribution in [3.8, 4) is 16.9 Å². The van der Waals surface area contributed by atoms with Crippen molar-refractivity contribution in [2.24, 2.45) is 5.73 Å². The van der Waals surface area contributed by atoms with Crippen LogP contribution in [0, 0.1) is 5.82 Å². The molecule has 0 bridgehead atoms. The van der Waals surface area contributed by atoms with E-state index >= 15 is 0 Å². The second kappa shape index (κ2) is 6.55. The Balaban J connectivity index is 0.00000180. The lowest BCUT2D eigenvalue weighted by atomic mass is 10.0. The molecule has 1 unspecified atom stereocenters. The average molecular weight is 282 g/mol. The van der Waals surface area contributed by atoms with Gasteiger partial charge in [-0.1, -0.05) is 24.3 Å². The van der Waals surface area contributed by atoms with E-state index in [1.165, 1.54) is 19.2 Å². The van der Waals surface area contributed by atoms with Crippen LogP contribution in [-0.4, -0.2) is 7.11 Å². The third kappa shape index (κ3) is 3.46. The molecule has 0 heterocycles. The van der Waals surface area contributed by atoms with Crippen LogP contribution in [0.5, 0.6) is 5.75 Å². The molecule has 2 nitrogen and oxygen atoms in total. The lowest BCUT2D eigenvalue weighted by molar-refractivity contribution is 0.413. The molecule has 102 valence electrons. The first-order chi connectivity index (χ1) is 8.61. The zero-order chi connectivity index (χ0) is 13.1. The summed E-state index contributed by atoms with van der Waals surface area (Å²) in [7, 11) is 1.54. The van der Waals surface area contributed by atoms with Crippen molar-refractivity contribution < 1.29 is 9.13 Å². The fourth-order valence-corrected chi connectivity index (χ4v) is 1.87. The quantitative estimate of drug-likeness (QED) is 0.925. The summed E-state index contributed by atoms with van der Waals surface area (Å²) in [6.45, 7) is 1.94. The Morgan fingerprint density at radius 3 is 2.26 bits per heavy atom. The summed E-state index contributed by atoms with van der Waals surface area (Å²) in [5.41, 5.74) is 8.73. The highest BCUT2D eigenvalue weighted by atomic mass is 35.5. The summed E-state index contributed by atoms with van der Waals surface area (Å²) in [4.78, 5) is 0. The van der Waals surface area contributed by atoms with Crippen molar-refractivity contribution in [1.29, 1.82) is 0 Å². The smallest absolute Gasteiger partial charge is 0.129 e. The molecular formula is C15H17ClFNO. The Morgan fingerprint density at radius 2 is 1.74 bits per heavy atom. The molecule has 0 fully saturated rings. The van der Waals surface area contributed by atoms with Gasteiger partial charge in [0.25, 0.3) is 0 Å². The van der Waals surface area contributed by atoms with Crippen LogP contribution in [0.2, 0.25) is 0 Å². The second-order valence-electron chi connectivity index (χ2n) is 4.26. The molecule has 0 aliphatic rings. The van der Waals surface area contributed by atoms with Gasteiger partial charge in [-0.15, -0.1) is 12.4 Å². The molecule has 0 saturated heterocycles. The molecule has 0 aliphatic carbocycles. The first kappa shape index (κ1) is 15.5. The van der Waals surface area contributed by atoms with Crippen molar-refractivity contribution in [3.05, 3.63) is 53.8 Å². The van der Waals surface area contributed by atoms with E-state index in [-0.39, 0.29) is 24.3 Å². The highest BCUT2D eigenvalue weighted by Gasteiger charge is 2.07. The Kier molecular flexibility index (Phi) is 5.33. The molecule has 19 heavy (non-hydrogen) atoms. The van der Waals surface area contributed by atoms with Gasteiger partial charge in [-0.05, 0) is 30.2 Å². The summed E-state index contributed by atoms with van der Waals surface area (Å²) in [5.74, 6) is 0.228. The van der Waals surface area contributed by atoms with E-state index in [4.69, 9.17) is 10.5 Å². The molecule has 0 radical (unpaired) electrons. The predicted molar refractivity (Wildman–Crippen MR) is 78.2 cm³/mol. The lowest BCUT2D eigenvalue weighted by Crippen LogP contribution is -2.04. The van der Waals surface area contributed by atoms with E-state index in [0.717, 1.165) is 16.7 Å². The Bertz CT molecular complexity index is 540. The van der Waals surface area contributed by atoms with Crippen LogP contribution in [0.4, 0.5) is 4.39 Å². The Hall–Kier alpha value is -1.58. The minimum Gasteiger partial charge on any atom is -0.496 e. The molecule has 2 aromatic carbocycles. The van der Waals surface area contributed by atoms with Crippen LogP contribution in [-0.2, 0) is 0 Å². The van der Waals surface area contributed by atoms with Crippen molar-refractivity contribution in [1.82, 2.24) is 0 Å². The van der Waals surface area contributed by atoms with Gasteiger partial charge in [-0.2, -0.15) is 0 Å². The topological polar surface area (TPSA) is 35.2 Å². The average Bonchev–Trinajstić information content (AvgIpc) is 2.38. The van der Waals surface area contributed by atoms with Gasteiger partial charge < -0.3 is 10.5 Å². The van der Waals surface area contributed by atoms with Gasteiger partial charge in [0.05, 0.1) is 7.11 Å². The van der Waals surface area contributed by atoms with Gasteiger partial charge >= 0.3 is 0 Å². The summed E-state index contributed by atoms with van der Waals surface area (Å²) in [6.07, 6.45) is 0. The van der Waals surface area contributed by atoms with Gasteiger partial charge in [-0.25, -0.2) is 4.39 Å². The fourth-order valence-electron chi connectivity index (χ4n) is 1.87. The normalized spacial score (nSPS) is 11.6. The maximum atomic E-state index is 13.1.